The van der Waals surface area contributed by atoms with Crippen molar-refractivity contribution in [2.45, 2.75) is 25.8 Å². The number of likely N-dealkylation sites (tertiary alicyclic amines) is 1. The molecule has 0 saturated carbocycles. The fourth-order valence-electron chi connectivity index (χ4n) is 4.38. The molecule has 0 spiro atoms. The molecule has 5 rings (SSSR count). The molecule has 8 nitrogen and oxygen atoms in total. The summed E-state index contributed by atoms with van der Waals surface area (Å²) in [5, 5.41) is 13.5. The van der Waals surface area contributed by atoms with Crippen molar-refractivity contribution in [1.29, 1.82) is 0 Å². The molecule has 2 fully saturated rings. The number of urea groups is 1. The Morgan fingerprint density at radius 2 is 1.94 bits per heavy atom. The number of aryl methyl sites for hydroxylation is 1. The van der Waals surface area contributed by atoms with E-state index in [0.717, 1.165) is 44.2 Å². The van der Waals surface area contributed by atoms with Crippen molar-refractivity contribution in [3.05, 3.63) is 35.2 Å². The normalized spacial score (nSPS) is 18.2. The third kappa shape index (κ3) is 4.43. The van der Waals surface area contributed by atoms with Crippen LogP contribution in [0.4, 0.5) is 15.0 Å². The molecular formula is C22H25FN6O2S. The van der Waals surface area contributed by atoms with E-state index in [4.69, 9.17) is 4.74 Å². The Morgan fingerprint density at radius 1 is 1.16 bits per heavy atom. The summed E-state index contributed by atoms with van der Waals surface area (Å²) in [7, 11) is 0. The minimum atomic E-state index is -0.374. The van der Waals surface area contributed by atoms with Crippen molar-refractivity contribution in [3.63, 3.8) is 0 Å². The van der Waals surface area contributed by atoms with Crippen molar-refractivity contribution in [1.82, 2.24) is 25.0 Å². The van der Waals surface area contributed by atoms with E-state index >= 15 is 0 Å². The Labute approximate surface area is 189 Å². The highest BCUT2D eigenvalue weighted by Crippen LogP contribution is 2.30. The van der Waals surface area contributed by atoms with Gasteiger partial charge >= 0.3 is 6.03 Å². The van der Waals surface area contributed by atoms with Crippen LogP contribution < -0.4 is 5.32 Å². The molecule has 2 aliphatic rings. The fraction of sp³-hybridized carbons (Fsp3) is 0.455. The molecule has 0 bridgehead atoms. The van der Waals surface area contributed by atoms with Gasteiger partial charge in [-0.15, -0.1) is 10.2 Å². The minimum absolute atomic E-state index is 0.173. The molecule has 2 saturated heterocycles. The number of amides is 2. The first-order valence-electron chi connectivity index (χ1n) is 10.8. The maximum absolute atomic E-state index is 14.6. The molecule has 168 valence electrons. The van der Waals surface area contributed by atoms with Gasteiger partial charge in [0.05, 0.1) is 13.2 Å². The number of piperidine rings is 1. The zero-order valence-corrected chi connectivity index (χ0v) is 18.7. The molecule has 32 heavy (non-hydrogen) atoms. The van der Waals surface area contributed by atoms with E-state index in [1.165, 1.54) is 23.6 Å². The highest BCUT2D eigenvalue weighted by Gasteiger charge is 2.28. The average Bonchev–Trinajstić information content (AvgIpc) is 3.26. The van der Waals surface area contributed by atoms with Gasteiger partial charge in [-0.2, -0.15) is 0 Å². The molecular weight excluding hydrogens is 431 g/mol. The number of aromatic nitrogens is 3. The minimum Gasteiger partial charge on any atom is -0.379 e. The van der Waals surface area contributed by atoms with Crippen molar-refractivity contribution >= 4 is 34.0 Å². The first kappa shape index (κ1) is 21.2. The van der Waals surface area contributed by atoms with E-state index in [1.807, 2.05) is 17.9 Å². The summed E-state index contributed by atoms with van der Waals surface area (Å²) in [6, 6.07) is 5.33. The van der Waals surface area contributed by atoms with Crippen molar-refractivity contribution in [3.8, 4) is 10.6 Å². The van der Waals surface area contributed by atoms with Crippen LogP contribution >= 0.6 is 11.3 Å². The van der Waals surface area contributed by atoms with Crippen LogP contribution in [0.2, 0.25) is 0 Å². The van der Waals surface area contributed by atoms with Crippen LogP contribution in [0.5, 0.6) is 0 Å². The van der Waals surface area contributed by atoms with Crippen LogP contribution in [-0.2, 0) is 4.74 Å². The topological polar surface area (TPSA) is 83.5 Å². The van der Waals surface area contributed by atoms with Gasteiger partial charge in [0.1, 0.15) is 21.7 Å². The van der Waals surface area contributed by atoms with E-state index in [1.54, 1.807) is 6.07 Å². The number of nitrogens with zero attached hydrogens (tertiary/aromatic N) is 5. The number of hydrogen-bond donors (Lipinski definition) is 1. The second kappa shape index (κ2) is 9.05. The van der Waals surface area contributed by atoms with E-state index in [-0.39, 0.29) is 11.8 Å². The van der Waals surface area contributed by atoms with Gasteiger partial charge in [0.15, 0.2) is 0 Å². The zero-order valence-electron chi connectivity index (χ0n) is 17.9. The molecule has 0 unspecified atom stereocenters. The van der Waals surface area contributed by atoms with Crippen LogP contribution in [0, 0.1) is 12.7 Å². The van der Waals surface area contributed by atoms with Crippen LogP contribution in [0.15, 0.2) is 24.4 Å². The Bertz CT molecular complexity index is 1120. The molecule has 1 aromatic carbocycles. The molecule has 2 aromatic heterocycles. The Morgan fingerprint density at radius 3 is 2.66 bits per heavy atom. The third-order valence-corrected chi connectivity index (χ3v) is 7.00. The number of fused-ring (bicyclic) bond motifs is 1. The van der Waals surface area contributed by atoms with Gasteiger partial charge in [-0.25, -0.2) is 14.2 Å². The molecule has 0 atom stereocenters. The van der Waals surface area contributed by atoms with Gasteiger partial charge in [0, 0.05) is 49.4 Å². The van der Waals surface area contributed by atoms with Gasteiger partial charge < -0.3 is 9.64 Å². The predicted octanol–water partition coefficient (Wildman–Crippen LogP) is 3.53. The number of ether oxygens (including phenoxy) is 1. The summed E-state index contributed by atoms with van der Waals surface area (Å²) in [5.41, 5.74) is 0.661. The maximum atomic E-state index is 14.6. The summed E-state index contributed by atoms with van der Waals surface area (Å²) in [5.74, 6) is 0.0312. The molecule has 4 heterocycles. The number of nitrogens with one attached hydrogen (secondary N) is 1. The summed E-state index contributed by atoms with van der Waals surface area (Å²) >= 11 is 1.41. The summed E-state index contributed by atoms with van der Waals surface area (Å²) < 4.78 is 20.1. The maximum Gasteiger partial charge on any atom is 0.323 e. The highest BCUT2D eigenvalue weighted by molar-refractivity contribution is 7.14. The van der Waals surface area contributed by atoms with Gasteiger partial charge in [-0.1, -0.05) is 11.3 Å². The largest absolute Gasteiger partial charge is 0.379 e. The van der Waals surface area contributed by atoms with Crippen LogP contribution in [0.3, 0.4) is 0 Å². The fourth-order valence-corrected chi connectivity index (χ4v) is 5.06. The SMILES string of the molecule is Cc1nnc(-c2cc(F)c3cnc(NC(=O)N4CCC(N5CCOCC5)CC4)cc3c2)s1. The molecule has 10 heteroatoms. The van der Waals surface area contributed by atoms with Crippen molar-refractivity contribution < 1.29 is 13.9 Å². The summed E-state index contributed by atoms with van der Waals surface area (Å²) in [6.45, 7) is 6.78. The molecule has 0 aliphatic carbocycles. The number of carbonyl (C=O) groups is 1. The third-order valence-electron chi connectivity index (χ3n) is 6.11. The number of hydrogen-bond acceptors (Lipinski definition) is 7. The summed E-state index contributed by atoms with van der Waals surface area (Å²) in [4.78, 5) is 21.3. The van der Waals surface area contributed by atoms with Crippen molar-refractivity contribution in [2.24, 2.45) is 0 Å². The summed E-state index contributed by atoms with van der Waals surface area (Å²) in [6.07, 6.45) is 3.36. The Balaban J connectivity index is 1.27. The van der Waals surface area contributed by atoms with Gasteiger partial charge in [0.2, 0.25) is 0 Å². The van der Waals surface area contributed by atoms with Gasteiger partial charge in [-0.3, -0.25) is 10.2 Å². The average molecular weight is 457 g/mol. The van der Waals surface area contributed by atoms with Gasteiger partial charge in [-0.05, 0) is 43.4 Å². The second-order valence-electron chi connectivity index (χ2n) is 8.17. The van der Waals surface area contributed by atoms with E-state index in [9.17, 15) is 9.18 Å². The van der Waals surface area contributed by atoms with E-state index in [2.05, 4.69) is 25.4 Å². The lowest BCUT2D eigenvalue weighted by Crippen LogP contribution is -2.50. The number of rotatable bonds is 3. The molecule has 0 radical (unpaired) electrons. The standard InChI is InChI=1S/C22H25FN6O2S/c1-14-26-27-21(32-14)16-10-15-12-20(24-13-18(15)19(23)11-16)25-22(30)29-4-2-17(3-5-29)28-6-8-31-9-7-28/h10-13,17H,2-9H2,1H3,(H,24,25,30). The van der Waals surface area contributed by atoms with Crippen molar-refractivity contribution in [2.75, 3.05) is 44.7 Å². The van der Waals surface area contributed by atoms with Crippen LogP contribution in [-0.4, -0.2) is 76.4 Å². The number of halogens is 1. The second-order valence-corrected chi connectivity index (χ2v) is 9.35. The van der Waals surface area contributed by atoms with E-state index < -0.39 is 0 Å². The smallest absolute Gasteiger partial charge is 0.323 e. The van der Waals surface area contributed by atoms with E-state index in [0.29, 0.717) is 46.3 Å². The monoisotopic (exact) mass is 456 g/mol. The Hall–Kier alpha value is -2.69. The van der Waals surface area contributed by atoms with Gasteiger partial charge in [0.25, 0.3) is 0 Å². The lowest BCUT2D eigenvalue weighted by Gasteiger charge is -2.39. The number of anilines is 1. The predicted molar refractivity (Wildman–Crippen MR) is 121 cm³/mol. The zero-order chi connectivity index (χ0) is 22.1. The first-order valence-corrected chi connectivity index (χ1v) is 11.7. The number of pyridine rings is 1. The lowest BCUT2D eigenvalue weighted by atomic mass is 10.0. The molecule has 1 N–H and O–H groups in total. The van der Waals surface area contributed by atoms with Crippen LogP contribution in [0.25, 0.3) is 21.3 Å². The Kier molecular flexibility index (Phi) is 5.99. The number of carbonyl (C=O) groups excluding carboxylic acids is 1. The molecule has 2 amide bonds. The highest BCUT2D eigenvalue weighted by atomic mass is 32.1. The number of benzene rings is 1. The quantitative estimate of drug-likeness (QED) is 0.649. The molecule has 2 aliphatic heterocycles. The molecule has 3 aromatic rings. The first-order chi connectivity index (χ1) is 15.6. The van der Waals surface area contributed by atoms with Crippen LogP contribution in [0.1, 0.15) is 17.8 Å². The lowest BCUT2D eigenvalue weighted by molar-refractivity contribution is 0.00419. The number of morpholine rings is 1.